The number of rotatable bonds is 17. The molecule has 4 nitrogen and oxygen atoms in total. The number of phenols is 2. The second kappa shape index (κ2) is 15.2. The van der Waals surface area contributed by atoms with Gasteiger partial charge in [0.1, 0.15) is 5.56 Å². The number of aromatic hydroxyl groups is 2. The Morgan fingerprint density at radius 3 is 1.66 bits per heavy atom. The first-order valence-corrected chi connectivity index (χ1v) is 11.8. The largest absolute Gasteiger partial charge is 0.504 e. The van der Waals surface area contributed by atoms with E-state index < -0.39 is 11.7 Å². The number of unbranched alkanes of at least 4 members (excludes halogenated alkanes) is 12. The Morgan fingerprint density at radius 2 is 1.17 bits per heavy atom. The van der Waals surface area contributed by atoms with Crippen LogP contribution in [0, 0.1) is 0 Å². The van der Waals surface area contributed by atoms with E-state index in [9.17, 15) is 20.1 Å². The molecule has 0 unspecified atom stereocenters. The summed E-state index contributed by atoms with van der Waals surface area (Å²) in [6.45, 7) is 4.42. The third-order valence-corrected chi connectivity index (χ3v) is 5.77. The molecule has 0 saturated heterocycles. The van der Waals surface area contributed by atoms with Crippen molar-refractivity contribution in [1.82, 2.24) is 0 Å². The number of hydrogen-bond acceptors (Lipinski definition) is 3. The van der Waals surface area contributed by atoms with Crippen LogP contribution in [-0.2, 0) is 12.8 Å². The zero-order chi connectivity index (χ0) is 21.5. The predicted octanol–water partition coefficient (Wildman–Crippen LogP) is 7.38. The van der Waals surface area contributed by atoms with Crippen molar-refractivity contribution in [1.29, 1.82) is 0 Å². The number of carboxylic acid groups (broad SMARTS) is 1. The average molecular weight is 407 g/mol. The Bertz CT molecular complexity index is 595. The second-order valence-corrected chi connectivity index (χ2v) is 8.30. The van der Waals surface area contributed by atoms with Crippen LogP contribution in [-0.4, -0.2) is 21.3 Å². The molecule has 1 aromatic carbocycles. The van der Waals surface area contributed by atoms with Crippen LogP contribution in [0.3, 0.4) is 0 Å². The topological polar surface area (TPSA) is 77.8 Å². The van der Waals surface area contributed by atoms with Crippen LogP contribution in [0.4, 0.5) is 0 Å². The SMILES string of the molecule is CCCCCCCCCc1cc(O)c(O)c(C(=O)O)c1CCCCCCCCC. The quantitative estimate of drug-likeness (QED) is 0.186. The van der Waals surface area contributed by atoms with Crippen LogP contribution >= 0.6 is 0 Å². The lowest BCUT2D eigenvalue weighted by Crippen LogP contribution is -2.07. The normalized spacial score (nSPS) is 11.1. The van der Waals surface area contributed by atoms with Crippen LogP contribution in [0.5, 0.6) is 11.5 Å². The highest BCUT2D eigenvalue weighted by atomic mass is 16.4. The molecule has 1 rings (SSSR count). The Labute approximate surface area is 177 Å². The van der Waals surface area contributed by atoms with Crippen LogP contribution < -0.4 is 0 Å². The van der Waals surface area contributed by atoms with Gasteiger partial charge in [-0.3, -0.25) is 0 Å². The summed E-state index contributed by atoms with van der Waals surface area (Å²) in [7, 11) is 0. The molecule has 3 N–H and O–H groups in total. The van der Waals surface area contributed by atoms with E-state index in [-0.39, 0.29) is 11.3 Å². The van der Waals surface area contributed by atoms with Gasteiger partial charge >= 0.3 is 5.97 Å². The van der Waals surface area contributed by atoms with Crippen molar-refractivity contribution in [2.45, 2.75) is 117 Å². The zero-order valence-electron chi connectivity index (χ0n) is 18.6. The monoisotopic (exact) mass is 406 g/mol. The Morgan fingerprint density at radius 1 is 0.724 bits per heavy atom. The van der Waals surface area contributed by atoms with E-state index in [0.29, 0.717) is 12.0 Å². The maximum atomic E-state index is 11.8. The summed E-state index contributed by atoms with van der Waals surface area (Å²) in [6.07, 6.45) is 17.9. The van der Waals surface area contributed by atoms with Crippen LogP contribution in [0.1, 0.15) is 125 Å². The number of carboxylic acids is 1. The van der Waals surface area contributed by atoms with Crippen molar-refractivity contribution >= 4 is 5.97 Å². The average Bonchev–Trinajstić information content (AvgIpc) is 2.69. The van der Waals surface area contributed by atoms with E-state index in [1.54, 1.807) is 6.07 Å². The number of aromatic carboxylic acids is 1. The third kappa shape index (κ3) is 9.56. The molecular formula is C25H42O4. The van der Waals surface area contributed by atoms with Gasteiger partial charge in [0, 0.05) is 0 Å². The van der Waals surface area contributed by atoms with Crippen molar-refractivity contribution in [3.05, 3.63) is 22.8 Å². The molecule has 0 aromatic heterocycles. The van der Waals surface area contributed by atoms with E-state index in [4.69, 9.17) is 0 Å². The molecule has 29 heavy (non-hydrogen) atoms. The van der Waals surface area contributed by atoms with Crippen molar-refractivity contribution in [3.8, 4) is 11.5 Å². The minimum absolute atomic E-state index is 0.103. The van der Waals surface area contributed by atoms with Crippen LogP contribution in [0.15, 0.2) is 6.07 Å². The van der Waals surface area contributed by atoms with E-state index >= 15 is 0 Å². The molecule has 0 saturated carbocycles. The number of hydrogen-bond donors (Lipinski definition) is 3. The van der Waals surface area contributed by atoms with Crippen molar-refractivity contribution in [2.24, 2.45) is 0 Å². The highest BCUT2D eigenvalue weighted by Gasteiger charge is 2.22. The summed E-state index contributed by atoms with van der Waals surface area (Å²) in [5.74, 6) is -1.96. The summed E-state index contributed by atoms with van der Waals surface area (Å²) in [6, 6.07) is 1.58. The van der Waals surface area contributed by atoms with Gasteiger partial charge in [-0.05, 0) is 42.9 Å². The smallest absolute Gasteiger partial charge is 0.339 e. The summed E-state index contributed by atoms with van der Waals surface area (Å²) < 4.78 is 0. The van der Waals surface area contributed by atoms with Gasteiger partial charge in [0.2, 0.25) is 0 Å². The lowest BCUT2D eigenvalue weighted by atomic mass is 9.91. The lowest BCUT2D eigenvalue weighted by molar-refractivity contribution is 0.0691. The van der Waals surface area contributed by atoms with Gasteiger partial charge in [0.15, 0.2) is 11.5 Å². The number of aryl methyl sites for hydroxylation is 1. The molecule has 166 valence electrons. The first kappa shape index (κ1) is 25.3. The summed E-state index contributed by atoms with van der Waals surface area (Å²) >= 11 is 0. The van der Waals surface area contributed by atoms with Crippen molar-refractivity contribution < 1.29 is 20.1 Å². The molecule has 0 atom stereocenters. The highest BCUT2D eigenvalue weighted by molar-refractivity contribution is 5.94. The van der Waals surface area contributed by atoms with Crippen molar-refractivity contribution in [3.63, 3.8) is 0 Å². The molecule has 0 radical (unpaired) electrons. The van der Waals surface area contributed by atoms with E-state index in [2.05, 4.69) is 13.8 Å². The van der Waals surface area contributed by atoms with Gasteiger partial charge in [-0.15, -0.1) is 0 Å². The number of benzene rings is 1. The maximum Gasteiger partial charge on any atom is 0.339 e. The summed E-state index contributed by atoms with van der Waals surface area (Å²) in [5, 5.41) is 29.8. The van der Waals surface area contributed by atoms with Crippen LogP contribution in [0.25, 0.3) is 0 Å². The highest BCUT2D eigenvalue weighted by Crippen LogP contribution is 2.36. The van der Waals surface area contributed by atoms with Gasteiger partial charge in [-0.25, -0.2) is 4.79 Å². The molecule has 0 aliphatic rings. The molecule has 1 aromatic rings. The van der Waals surface area contributed by atoms with E-state index in [1.165, 1.54) is 64.2 Å². The molecular weight excluding hydrogens is 364 g/mol. The molecule has 0 spiro atoms. The summed E-state index contributed by atoms with van der Waals surface area (Å²) in [5.41, 5.74) is 1.50. The van der Waals surface area contributed by atoms with Gasteiger partial charge in [0.05, 0.1) is 0 Å². The molecule has 0 fully saturated rings. The summed E-state index contributed by atoms with van der Waals surface area (Å²) in [4.78, 5) is 11.8. The van der Waals surface area contributed by atoms with Gasteiger partial charge in [0.25, 0.3) is 0 Å². The van der Waals surface area contributed by atoms with Crippen LogP contribution in [0.2, 0.25) is 0 Å². The van der Waals surface area contributed by atoms with E-state index in [0.717, 1.165) is 37.7 Å². The number of phenolic OH excluding ortho intramolecular Hbond substituents is 1. The van der Waals surface area contributed by atoms with Gasteiger partial charge in [-0.1, -0.05) is 90.9 Å². The Kier molecular flexibility index (Phi) is 13.3. The minimum Gasteiger partial charge on any atom is -0.504 e. The molecule has 0 aliphatic heterocycles. The first-order valence-electron chi connectivity index (χ1n) is 11.8. The molecule has 4 heteroatoms. The minimum atomic E-state index is -1.16. The lowest BCUT2D eigenvalue weighted by Gasteiger charge is -2.16. The second-order valence-electron chi connectivity index (χ2n) is 8.30. The van der Waals surface area contributed by atoms with Crippen molar-refractivity contribution in [2.75, 3.05) is 0 Å². The Balaban J connectivity index is 2.69. The molecule has 0 aliphatic carbocycles. The molecule has 0 bridgehead atoms. The zero-order valence-corrected chi connectivity index (χ0v) is 18.6. The predicted molar refractivity (Wildman–Crippen MR) is 120 cm³/mol. The molecule has 0 amide bonds. The fourth-order valence-corrected chi connectivity index (χ4v) is 4.02. The van der Waals surface area contributed by atoms with E-state index in [1.807, 2.05) is 0 Å². The number of carbonyl (C=O) groups is 1. The maximum absolute atomic E-state index is 11.8. The Hall–Kier alpha value is -1.71. The fourth-order valence-electron chi connectivity index (χ4n) is 4.02. The van der Waals surface area contributed by atoms with Gasteiger partial charge in [-0.2, -0.15) is 0 Å². The van der Waals surface area contributed by atoms with Gasteiger partial charge < -0.3 is 15.3 Å². The standard InChI is InChI=1S/C25H42O4/c1-3-5-7-9-11-13-15-17-20-19-22(26)24(27)23(25(28)29)21(20)18-16-14-12-10-8-6-4-2/h19,26-27H,3-18H2,1-2H3,(H,28,29). The third-order valence-electron chi connectivity index (χ3n) is 5.77. The first-order chi connectivity index (χ1) is 14.0. The molecule has 0 heterocycles. The fraction of sp³-hybridized carbons (Fsp3) is 0.720.